The summed E-state index contributed by atoms with van der Waals surface area (Å²) in [4.78, 5) is 40.6. The summed E-state index contributed by atoms with van der Waals surface area (Å²) in [5, 5.41) is 76.3. The molecule has 0 aromatic heterocycles. The van der Waals surface area contributed by atoms with Crippen LogP contribution in [0, 0.1) is 0 Å². The fraction of sp³-hybridized carbons (Fsp3) is 0.125. The number of aliphatic carboxylic acids is 4. The van der Waals surface area contributed by atoms with Crippen molar-refractivity contribution in [2.24, 2.45) is 0 Å². The first-order chi connectivity index (χ1) is 20.9. The number of carbonyl (C=O) groups excluding carboxylic acids is 4. The molecule has 0 spiro atoms. The van der Waals surface area contributed by atoms with E-state index >= 15 is 0 Å². The molecular formula is C32H28O12V. The molecule has 233 valence electrons. The van der Waals surface area contributed by atoms with E-state index in [1.165, 1.54) is 48.5 Å². The second kappa shape index (κ2) is 21.8. The van der Waals surface area contributed by atoms with Crippen molar-refractivity contribution in [3.63, 3.8) is 0 Å². The van der Waals surface area contributed by atoms with Gasteiger partial charge in [-0.05, 0) is 22.3 Å². The summed E-state index contributed by atoms with van der Waals surface area (Å²) in [6.45, 7) is 0. The molecule has 0 fully saturated rings. The van der Waals surface area contributed by atoms with Gasteiger partial charge in [-0.15, -0.1) is 0 Å². The van der Waals surface area contributed by atoms with E-state index in [0.29, 0.717) is 22.3 Å². The molecule has 0 amide bonds. The first-order valence-corrected chi connectivity index (χ1v) is 12.6. The van der Waals surface area contributed by atoms with Crippen molar-refractivity contribution in [1.29, 1.82) is 0 Å². The molecule has 4 aromatic carbocycles. The van der Waals surface area contributed by atoms with Crippen molar-refractivity contribution in [2.45, 2.75) is 24.4 Å². The Balaban J connectivity index is 0.000000569. The van der Waals surface area contributed by atoms with E-state index in [-0.39, 0.29) is 18.6 Å². The third-order valence-electron chi connectivity index (χ3n) is 5.35. The molecule has 45 heavy (non-hydrogen) atoms. The molecule has 0 aliphatic carbocycles. The van der Waals surface area contributed by atoms with Crippen LogP contribution >= 0.6 is 0 Å². The topological polar surface area (TPSA) is 241 Å². The first kappa shape index (κ1) is 40.2. The SMILES string of the molecule is O=C([O-])C(O)c1ccccc1.O=C([O-])C(O)c1ccccc1.O=C([O-])C(O)c1ccccc1.O=C([O-])C(O)c1ccccc1.[V+4]. The number of carbonyl (C=O) groups is 4. The van der Waals surface area contributed by atoms with Gasteiger partial charge in [0.25, 0.3) is 0 Å². The summed E-state index contributed by atoms with van der Waals surface area (Å²) < 4.78 is 0. The van der Waals surface area contributed by atoms with Crippen molar-refractivity contribution < 1.29 is 78.6 Å². The molecule has 0 aliphatic heterocycles. The number of aliphatic hydroxyl groups is 4. The number of benzene rings is 4. The summed E-state index contributed by atoms with van der Waals surface area (Å²) in [5.41, 5.74) is 1.36. The van der Waals surface area contributed by atoms with Crippen LogP contribution in [-0.4, -0.2) is 44.3 Å². The monoisotopic (exact) mass is 655 g/mol. The third-order valence-corrected chi connectivity index (χ3v) is 5.35. The third kappa shape index (κ3) is 15.5. The molecule has 1 radical (unpaired) electrons. The zero-order valence-corrected chi connectivity index (χ0v) is 24.8. The Morgan fingerprint density at radius 3 is 0.600 bits per heavy atom. The van der Waals surface area contributed by atoms with Crippen LogP contribution in [0.1, 0.15) is 46.7 Å². The zero-order valence-electron chi connectivity index (χ0n) is 23.4. The van der Waals surface area contributed by atoms with Gasteiger partial charge in [0.2, 0.25) is 0 Å². The van der Waals surface area contributed by atoms with Gasteiger partial charge < -0.3 is 60.0 Å². The van der Waals surface area contributed by atoms with Crippen LogP contribution in [0.15, 0.2) is 121 Å². The van der Waals surface area contributed by atoms with Crippen LogP contribution in [0.2, 0.25) is 0 Å². The van der Waals surface area contributed by atoms with E-state index in [0.717, 1.165) is 0 Å². The van der Waals surface area contributed by atoms with Gasteiger partial charge in [-0.2, -0.15) is 0 Å². The van der Waals surface area contributed by atoms with Crippen molar-refractivity contribution in [3.8, 4) is 0 Å². The minimum atomic E-state index is -1.52. The molecule has 12 nitrogen and oxygen atoms in total. The van der Waals surface area contributed by atoms with Crippen LogP contribution in [0.4, 0.5) is 0 Å². The molecule has 4 rings (SSSR count). The maximum Gasteiger partial charge on any atom is 4.00 e. The number of carboxylic acids is 4. The average Bonchev–Trinajstić information content (AvgIpc) is 3.05. The fourth-order valence-electron chi connectivity index (χ4n) is 3.09. The molecular weight excluding hydrogens is 627 g/mol. The van der Waals surface area contributed by atoms with Crippen LogP contribution in [-0.2, 0) is 37.7 Å². The minimum Gasteiger partial charge on any atom is -0.547 e. The van der Waals surface area contributed by atoms with Crippen molar-refractivity contribution in [1.82, 2.24) is 0 Å². The van der Waals surface area contributed by atoms with E-state index in [2.05, 4.69) is 0 Å². The predicted molar refractivity (Wildman–Crippen MR) is 146 cm³/mol. The fourth-order valence-corrected chi connectivity index (χ4v) is 3.09. The van der Waals surface area contributed by atoms with Gasteiger partial charge in [0.1, 0.15) is 24.4 Å². The second-order valence-corrected chi connectivity index (χ2v) is 8.53. The van der Waals surface area contributed by atoms with Gasteiger partial charge >= 0.3 is 18.6 Å². The van der Waals surface area contributed by atoms with Gasteiger partial charge in [-0.3, -0.25) is 0 Å². The Morgan fingerprint density at radius 2 is 0.489 bits per heavy atom. The van der Waals surface area contributed by atoms with Crippen LogP contribution < -0.4 is 20.4 Å². The molecule has 4 aromatic rings. The van der Waals surface area contributed by atoms with Gasteiger partial charge in [0.05, 0.1) is 23.9 Å². The Bertz CT molecular complexity index is 1200. The van der Waals surface area contributed by atoms with Gasteiger partial charge in [-0.1, -0.05) is 121 Å². The van der Waals surface area contributed by atoms with Crippen LogP contribution in [0.3, 0.4) is 0 Å². The molecule has 4 unspecified atom stereocenters. The standard InChI is InChI=1S/4C8H8O3.V/c4*9-7(8(10)11)6-4-2-1-3-5-6;/h4*1-5,7,9H,(H,10,11);/q;;;;+4/p-4. The first-order valence-electron chi connectivity index (χ1n) is 12.6. The smallest absolute Gasteiger partial charge is 0.547 e. The Labute approximate surface area is 270 Å². The summed E-state index contributed by atoms with van der Waals surface area (Å²) in [6.07, 6.45) is -6.07. The number of aliphatic hydroxyl groups excluding tert-OH is 4. The van der Waals surface area contributed by atoms with E-state index in [9.17, 15) is 39.6 Å². The van der Waals surface area contributed by atoms with Gasteiger partial charge in [-0.25, -0.2) is 0 Å². The van der Waals surface area contributed by atoms with Crippen molar-refractivity contribution in [2.75, 3.05) is 0 Å². The number of hydrogen-bond donors (Lipinski definition) is 4. The maximum absolute atomic E-state index is 10.1. The molecule has 4 N–H and O–H groups in total. The van der Waals surface area contributed by atoms with Crippen LogP contribution in [0.5, 0.6) is 0 Å². The summed E-state index contributed by atoms with van der Waals surface area (Å²) in [7, 11) is 0. The molecule has 4 atom stereocenters. The van der Waals surface area contributed by atoms with Gasteiger partial charge in [0, 0.05) is 0 Å². The van der Waals surface area contributed by atoms with Crippen molar-refractivity contribution >= 4 is 23.9 Å². The average molecular weight is 656 g/mol. The Hall–Kier alpha value is -4.82. The number of hydrogen-bond acceptors (Lipinski definition) is 12. The Kier molecular flexibility index (Phi) is 19.5. The summed E-state index contributed by atoms with van der Waals surface area (Å²) in [5.74, 6) is -5.90. The van der Waals surface area contributed by atoms with Crippen LogP contribution in [0.25, 0.3) is 0 Å². The molecule has 0 aliphatic rings. The number of rotatable bonds is 8. The van der Waals surface area contributed by atoms with E-state index in [1.807, 2.05) is 0 Å². The molecule has 13 heteroatoms. The quantitative estimate of drug-likeness (QED) is 0.159. The van der Waals surface area contributed by atoms with E-state index in [1.54, 1.807) is 72.8 Å². The normalized spacial score (nSPS) is 12.2. The molecule has 0 saturated heterocycles. The number of carboxylic acid groups (broad SMARTS) is 4. The minimum absolute atomic E-state index is 0. The van der Waals surface area contributed by atoms with E-state index in [4.69, 9.17) is 20.4 Å². The van der Waals surface area contributed by atoms with Gasteiger partial charge in [0.15, 0.2) is 0 Å². The molecule has 0 saturated carbocycles. The Morgan fingerprint density at radius 1 is 0.356 bits per heavy atom. The van der Waals surface area contributed by atoms with Crippen molar-refractivity contribution in [3.05, 3.63) is 144 Å². The van der Waals surface area contributed by atoms with E-state index < -0.39 is 48.3 Å². The second-order valence-electron chi connectivity index (χ2n) is 8.53. The maximum atomic E-state index is 10.1. The molecule has 0 heterocycles. The summed E-state index contributed by atoms with van der Waals surface area (Å²) >= 11 is 0. The molecule has 0 bridgehead atoms. The predicted octanol–water partition coefficient (Wildman–Crippen LogP) is -2.12. The zero-order chi connectivity index (χ0) is 33.1. The largest absolute Gasteiger partial charge is 4.00 e. The summed E-state index contributed by atoms with van der Waals surface area (Å²) in [6, 6.07) is 32.4.